The zero-order valence-corrected chi connectivity index (χ0v) is 22.9. The third-order valence-corrected chi connectivity index (χ3v) is 8.20. The number of hydroxylamine groups is 1. The SMILES string of the molecule is O=C(/C=C/c1ccc2c(c1)CCC2N(CCc1c[nH]c2ccccc12)Cc1cc(C(=O)N2CCOCC2)c[nH]1)NO. The first kappa shape index (κ1) is 27.0. The molecule has 0 saturated carbocycles. The lowest BCUT2D eigenvalue weighted by molar-refractivity contribution is -0.124. The van der Waals surface area contributed by atoms with Crippen LogP contribution in [-0.2, 0) is 28.9 Å². The van der Waals surface area contributed by atoms with E-state index < -0.39 is 5.91 Å². The lowest BCUT2D eigenvalue weighted by Crippen LogP contribution is -2.40. The Morgan fingerprint density at radius 1 is 1.10 bits per heavy atom. The first-order valence-corrected chi connectivity index (χ1v) is 14.2. The third kappa shape index (κ3) is 5.97. The number of carbonyl (C=O) groups excluding carboxylic acids is 2. The molecule has 1 saturated heterocycles. The van der Waals surface area contributed by atoms with Gasteiger partial charge in [0.25, 0.3) is 11.8 Å². The van der Waals surface area contributed by atoms with Crippen LogP contribution in [0.4, 0.5) is 0 Å². The number of ether oxygens (including phenoxy) is 1. The summed E-state index contributed by atoms with van der Waals surface area (Å²) in [6, 6.07) is 16.9. The summed E-state index contributed by atoms with van der Waals surface area (Å²) in [6.45, 7) is 3.96. The van der Waals surface area contributed by atoms with E-state index in [0.717, 1.165) is 42.6 Å². The number of carbonyl (C=O) groups is 2. The number of hydrogen-bond donors (Lipinski definition) is 4. The number of rotatable bonds is 9. The van der Waals surface area contributed by atoms with Crippen LogP contribution in [0, 0.1) is 0 Å². The highest BCUT2D eigenvalue weighted by Gasteiger charge is 2.29. The molecule has 6 rings (SSSR count). The molecule has 212 valence electrons. The van der Waals surface area contributed by atoms with Crippen molar-refractivity contribution in [2.75, 3.05) is 32.8 Å². The van der Waals surface area contributed by atoms with Gasteiger partial charge in [-0.1, -0.05) is 36.4 Å². The van der Waals surface area contributed by atoms with Crippen molar-refractivity contribution in [3.8, 4) is 0 Å². The molecular weight excluding hydrogens is 518 g/mol. The highest BCUT2D eigenvalue weighted by molar-refractivity contribution is 5.94. The van der Waals surface area contributed by atoms with E-state index in [0.29, 0.717) is 38.4 Å². The summed E-state index contributed by atoms with van der Waals surface area (Å²) in [5, 5.41) is 10.0. The standard InChI is InChI=1S/C32H35N5O4/c38-31(35-40)10-6-22-5-8-28-23(17-22)7-9-30(28)37(12-11-24-19-34-29-4-2-1-3-27(24)29)21-26-18-25(20-33-26)32(39)36-13-15-41-16-14-36/h1-6,8,10,17-20,30,33-34,40H,7,9,11-16,21H2,(H,35,38)/b10-6+. The lowest BCUT2D eigenvalue weighted by atomic mass is 10.0. The van der Waals surface area contributed by atoms with Crippen LogP contribution in [0.1, 0.15) is 50.8 Å². The molecule has 4 N–H and O–H groups in total. The van der Waals surface area contributed by atoms with Crippen LogP contribution in [0.2, 0.25) is 0 Å². The smallest absolute Gasteiger partial charge is 0.267 e. The van der Waals surface area contributed by atoms with Gasteiger partial charge in [0.1, 0.15) is 0 Å². The molecule has 1 aliphatic heterocycles. The van der Waals surface area contributed by atoms with Crippen LogP contribution in [0.25, 0.3) is 17.0 Å². The van der Waals surface area contributed by atoms with Crippen molar-refractivity contribution in [2.24, 2.45) is 0 Å². The number of para-hydroxylation sites is 1. The van der Waals surface area contributed by atoms with Gasteiger partial charge >= 0.3 is 0 Å². The molecule has 9 heteroatoms. The summed E-state index contributed by atoms with van der Waals surface area (Å²) < 4.78 is 5.41. The van der Waals surface area contributed by atoms with Crippen molar-refractivity contribution < 1.29 is 19.5 Å². The van der Waals surface area contributed by atoms with Gasteiger partial charge in [-0.25, -0.2) is 5.48 Å². The number of hydrogen-bond acceptors (Lipinski definition) is 5. The molecule has 0 spiro atoms. The Kier molecular flexibility index (Phi) is 8.00. The van der Waals surface area contributed by atoms with Gasteiger partial charge in [0.2, 0.25) is 0 Å². The van der Waals surface area contributed by atoms with Gasteiger partial charge in [-0.15, -0.1) is 0 Å². The maximum atomic E-state index is 13.1. The van der Waals surface area contributed by atoms with Gasteiger partial charge in [0, 0.05) is 67.3 Å². The Hall–Kier alpha value is -4.18. The average Bonchev–Trinajstić information content (AvgIpc) is 3.76. The Morgan fingerprint density at radius 2 is 1.95 bits per heavy atom. The van der Waals surface area contributed by atoms with Crippen molar-refractivity contribution in [1.82, 2.24) is 25.2 Å². The van der Waals surface area contributed by atoms with Gasteiger partial charge in [-0.3, -0.25) is 19.7 Å². The van der Waals surface area contributed by atoms with Crippen LogP contribution < -0.4 is 5.48 Å². The topological polar surface area (TPSA) is 114 Å². The monoisotopic (exact) mass is 553 g/mol. The van der Waals surface area contributed by atoms with Gasteiger partial charge in [-0.05, 0) is 59.7 Å². The molecule has 4 aromatic rings. The van der Waals surface area contributed by atoms with Crippen LogP contribution in [0.3, 0.4) is 0 Å². The molecule has 1 atom stereocenters. The number of benzene rings is 2. The second kappa shape index (κ2) is 12.1. The van der Waals surface area contributed by atoms with E-state index in [1.165, 1.54) is 28.2 Å². The van der Waals surface area contributed by atoms with E-state index in [-0.39, 0.29) is 11.9 Å². The van der Waals surface area contributed by atoms with E-state index in [9.17, 15) is 9.59 Å². The number of aromatic amines is 2. The minimum Gasteiger partial charge on any atom is -0.378 e. The van der Waals surface area contributed by atoms with E-state index in [2.05, 4.69) is 51.4 Å². The van der Waals surface area contributed by atoms with E-state index in [4.69, 9.17) is 9.94 Å². The third-order valence-electron chi connectivity index (χ3n) is 8.20. The molecule has 1 fully saturated rings. The Labute approximate surface area is 238 Å². The molecule has 41 heavy (non-hydrogen) atoms. The van der Waals surface area contributed by atoms with Crippen molar-refractivity contribution >= 4 is 28.8 Å². The molecule has 2 aromatic heterocycles. The number of nitrogens with one attached hydrogen (secondary N) is 3. The van der Waals surface area contributed by atoms with Crippen molar-refractivity contribution in [2.45, 2.75) is 31.8 Å². The highest BCUT2D eigenvalue weighted by atomic mass is 16.5. The maximum absolute atomic E-state index is 13.1. The summed E-state index contributed by atoms with van der Waals surface area (Å²) in [6.07, 6.45) is 9.81. The Balaban J connectivity index is 1.23. The molecule has 0 bridgehead atoms. The van der Waals surface area contributed by atoms with E-state index in [1.807, 2.05) is 29.3 Å². The number of fused-ring (bicyclic) bond motifs is 2. The number of amides is 2. The molecule has 3 heterocycles. The maximum Gasteiger partial charge on any atom is 0.267 e. The minimum absolute atomic E-state index is 0.0443. The second-order valence-corrected chi connectivity index (χ2v) is 10.7. The van der Waals surface area contributed by atoms with Crippen molar-refractivity contribution in [1.29, 1.82) is 0 Å². The fraction of sp³-hybridized carbons (Fsp3) is 0.312. The summed E-state index contributed by atoms with van der Waals surface area (Å²) in [5.41, 5.74) is 9.26. The Bertz CT molecular complexity index is 1570. The van der Waals surface area contributed by atoms with Crippen molar-refractivity contribution in [3.63, 3.8) is 0 Å². The molecule has 1 unspecified atom stereocenters. The molecule has 9 nitrogen and oxygen atoms in total. The number of aryl methyl sites for hydroxylation is 1. The summed E-state index contributed by atoms with van der Waals surface area (Å²) in [5.74, 6) is -0.507. The second-order valence-electron chi connectivity index (χ2n) is 10.7. The molecule has 1 aliphatic carbocycles. The summed E-state index contributed by atoms with van der Waals surface area (Å²) in [7, 11) is 0. The quantitative estimate of drug-likeness (QED) is 0.141. The largest absolute Gasteiger partial charge is 0.378 e. The first-order chi connectivity index (χ1) is 20.1. The molecule has 0 radical (unpaired) electrons. The molecule has 2 amide bonds. The average molecular weight is 554 g/mol. The number of morpholine rings is 1. The van der Waals surface area contributed by atoms with Gasteiger partial charge < -0.3 is 19.6 Å². The van der Waals surface area contributed by atoms with Gasteiger partial charge in [-0.2, -0.15) is 0 Å². The summed E-state index contributed by atoms with van der Waals surface area (Å²) in [4.78, 5) is 35.6. The van der Waals surface area contributed by atoms with E-state index in [1.54, 1.807) is 11.6 Å². The lowest BCUT2D eigenvalue weighted by Gasteiger charge is -2.29. The number of nitrogens with zero attached hydrogens (tertiary/aromatic N) is 2. The predicted molar refractivity (Wildman–Crippen MR) is 156 cm³/mol. The highest BCUT2D eigenvalue weighted by Crippen LogP contribution is 2.37. The Morgan fingerprint density at radius 3 is 2.80 bits per heavy atom. The number of aromatic nitrogens is 2. The zero-order valence-electron chi connectivity index (χ0n) is 22.9. The molecule has 2 aliphatic rings. The minimum atomic E-state index is -0.552. The fourth-order valence-corrected chi connectivity index (χ4v) is 6.08. The van der Waals surface area contributed by atoms with Crippen LogP contribution in [-0.4, -0.2) is 69.6 Å². The van der Waals surface area contributed by atoms with Crippen LogP contribution >= 0.6 is 0 Å². The van der Waals surface area contributed by atoms with Crippen molar-refractivity contribution in [3.05, 3.63) is 101 Å². The zero-order chi connectivity index (χ0) is 28.2. The fourth-order valence-electron chi connectivity index (χ4n) is 6.08. The molecule has 2 aromatic carbocycles. The molecular formula is C32H35N5O4. The first-order valence-electron chi connectivity index (χ1n) is 14.2. The summed E-state index contributed by atoms with van der Waals surface area (Å²) >= 11 is 0. The predicted octanol–water partition coefficient (Wildman–Crippen LogP) is 4.22. The van der Waals surface area contributed by atoms with Crippen LogP contribution in [0.5, 0.6) is 0 Å². The number of H-pyrrole nitrogens is 2. The normalized spacial score (nSPS) is 17.0. The van der Waals surface area contributed by atoms with Crippen LogP contribution in [0.15, 0.2) is 67.0 Å². The van der Waals surface area contributed by atoms with Gasteiger partial charge in [0.15, 0.2) is 0 Å². The van der Waals surface area contributed by atoms with E-state index >= 15 is 0 Å². The van der Waals surface area contributed by atoms with Gasteiger partial charge in [0.05, 0.1) is 18.8 Å².